The first kappa shape index (κ1) is 25.4. The van der Waals surface area contributed by atoms with Gasteiger partial charge in [-0.05, 0) is 44.2 Å². The van der Waals surface area contributed by atoms with E-state index < -0.39 is 0 Å². The quantitative estimate of drug-likeness (QED) is 0.205. The van der Waals surface area contributed by atoms with Crippen LogP contribution in [0.15, 0.2) is 0 Å². The largest absolute Gasteiger partial charge is 0.465 e. The van der Waals surface area contributed by atoms with E-state index in [-0.39, 0.29) is 5.97 Å². The Kier molecular flexibility index (Phi) is 17.4. The molecule has 0 aliphatic carbocycles. The van der Waals surface area contributed by atoms with E-state index in [9.17, 15) is 4.79 Å². The minimum atomic E-state index is -0.0366. The van der Waals surface area contributed by atoms with Crippen LogP contribution in [0.4, 0.5) is 0 Å². The summed E-state index contributed by atoms with van der Waals surface area (Å²) in [5, 5.41) is 0. The molecule has 0 aliphatic rings. The second-order valence-corrected chi connectivity index (χ2v) is 8.69. The van der Waals surface area contributed by atoms with Gasteiger partial charge in [-0.2, -0.15) is 0 Å². The maximum atomic E-state index is 12.1. The predicted molar refractivity (Wildman–Crippen MR) is 114 cm³/mol. The van der Waals surface area contributed by atoms with Gasteiger partial charge in [-0.1, -0.05) is 86.0 Å². The van der Waals surface area contributed by atoms with Gasteiger partial charge in [-0.3, -0.25) is 9.69 Å². The minimum absolute atomic E-state index is 0.0366. The Morgan fingerprint density at radius 3 is 1.77 bits per heavy atom. The summed E-state index contributed by atoms with van der Waals surface area (Å²) in [6.07, 6.45) is 13.5. The van der Waals surface area contributed by atoms with Gasteiger partial charge in [-0.15, -0.1) is 0 Å². The van der Waals surface area contributed by atoms with Crippen molar-refractivity contribution in [2.24, 2.45) is 11.8 Å². The van der Waals surface area contributed by atoms with E-state index in [1.165, 1.54) is 51.4 Å². The van der Waals surface area contributed by atoms with Crippen molar-refractivity contribution in [3.05, 3.63) is 0 Å². The zero-order valence-corrected chi connectivity index (χ0v) is 18.5. The Bertz CT molecular complexity index is 297. The molecule has 0 radical (unpaired) electrons. The third-order valence-corrected chi connectivity index (χ3v) is 4.88. The van der Waals surface area contributed by atoms with Crippen molar-refractivity contribution >= 4 is 5.97 Å². The van der Waals surface area contributed by atoms with Gasteiger partial charge in [0.1, 0.15) is 0 Å². The predicted octanol–water partition coefficient (Wildman–Crippen LogP) is 6.45. The van der Waals surface area contributed by atoms with E-state index in [0.717, 1.165) is 44.2 Å². The summed E-state index contributed by atoms with van der Waals surface area (Å²) in [4.78, 5) is 14.4. The lowest BCUT2D eigenvalue weighted by atomic mass is 10.0. The van der Waals surface area contributed by atoms with Crippen molar-refractivity contribution < 1.29 is 9.53 Å². The zero-order valence-electron chi connectivity index (χ0n) is 18.5. The fraction of sp³-hybridized carbons (Fsp3) is 0.957. The SMILES string of the molecule is CCCCCOC(=O)CN(CCCCCC(C)C)CCCCCC(C)C. The van der Waals surface area contributed by atoms with Crippen LogP contribution in [0.3, 0.4) is 0 Å². The highest BCUT2D eigenvalue weighted by atomic mass is 16.5. The Labute approximate surface area is 164 Å². The third-order valence-electron chi connectivity index (χ3n) is 4.88. The lowest BCUT2D eigenvalue weighted by Crippen LogP contribution is -2.33. The maximum absolute atomic E-state index is 12.1. The number of hydrogen-bond acceptors (Lipinski definition) is 3. The first-order valence-electron chi connectivity index (χ1n) is 11.3. The van der Waals surface area contributed by atoms with Gasteiger partial charge in [-0.25, -0.2) is 0 Å². The van der Waals surface area contributed by atoms with Crippen LogP contribution in [0.1, 0.15) is 105 Å². The van der Waals surface area contributed by atoms with Gasteiger partial charge in [0.05, 0.1) is 13.2 Å². The van der Waals surface area contributed by atoms with Crippen LogP contribution in [0.25, 0.3) is 0 Å². The molecular formula is C23H47NO2. The summed E-state index contributed by atoms with van der Waals surface area (Å²) < 4.78 is 5.41. The number of rotatable bonds is 18. The maximum Gasteiger partial charge on any atom is 0.320 e. The fourth-order valence-electron chi connectivity index (χ4n) is 3.17. The molecule has 0 spiro atoms. The second-order valence-electron chi connectivity index (χ2n) is 8.69. The molecule has 0 aromatic rings. The summed E-state index contributed by atoms with van der Waals surface area (Å²) in [5.74, 6) is 1.56. The van der Waals surface area contributed by atoms with Crippen LogP contribution in [-0.2, 0) is 9.53 Å². The molecule has 3 heteroatoms. The molecule has 0 unspecified atom stereocenters. The molecule has 0 aromatic carbocycles. The van der Waals surface area contributed by atoms with E-state index in [2.05, 4.69) is 39.5 Å². The monoisotopic (exact) mass is 369 g/mol. The number of carbonyl (C=O) groups is 1. The van der Waals surface area contributed by atoms with Gasteiger partial charge >= 0.3 is 5.97 Å². The summed E-state index contributed by atoms with van der Waals surface area (Å²) in [6.45, 7) is 14.5. The molecule has 0 fully saturated rings. The molecule has 0 aliphatic heterocycles. The number of nitrogens with zero attached hydrogens (tertiary/aromatic N) is 1. The second kappa shape index (κ2) is 17.8. The Morgan fingerprint density at radius 2 is 1.31 bits per heavy atom. The molecule has 0 atom stereocenters. The standard InChI is InChI=1S/C23H47NO2/c1-6-7-14-19-26-23(25)20-24(17-12-8-10-15-21(2)3)18-13-9-11-16-22(4)5/h21-22H,6-20H2,1-5H3. The van der Waals surface area contributed by atoms with Crippen molar-refractivity contribution in [1.82, 2.24) is 4.90 Å². The first-order valence-corrected chi connectivity index (χ1v) is 11.3. The molecule has 0 saturated heterocycles. The molecule has 0 bridgehead atoms. The number of unbranched alkanes of at least 4 members (excludes halogenated alkanes) is 6. The number of hydrogen-bond donors (Lipinski definition) is 0. The van der Waals surface area contributed by atoms with Crippen LogP contribution < -0.4 is 0 Å². The third kappa shape index (κ3) is 18.2. The number of carbonyl (C=O) groups excluding carboxylic acids is 1. The number of ether oxygens (including phenoxy) is 1. The molecule has 0 saturated carbocycles. The normalized spacial score (nSPS) is 11.7. The highest BCUT2D eigenvalue weighted by Crippen LogP contribution is 2.11. The molecule has 3 nitrogen and oxygen atoms in total. The smallest absolute Gasteiger partial charge is 0.320 e. The summed E-state index contributed by atoms with van der Waals surface area (Å²) >= 11 is 0. The Hall–Kier alpha value is -0.570. The van der Waals surface area contributed by atoms with Crippen LogP contribution in [0.5, 0.6) is 0 Å². The molecule has 0 rings (SSSR count). The van der Waals surface area contributed by atoms with Crippen LogP contribution in [0, 0.1) is 11.8 Å². The van der Waals surface area contributed by atoms with E-state index in [1.807, 2.05) is 0 Å². The van der Waals surface area contributed by atoms with Gasteiger partial charge in [0, 0.05) is 0 Å². The van der Waals surface area contributed by atoms with Crippen LogP contribution >= 0.6 is 0 Å². The first-order chi connectivity index (χ1) is 12.5. The highest BCUT2D eigenvalue weighted by molar-refractivity contribution is 5.71. The van der Waals surface area contributed by atoms with Crippen molar-refractivity contribution in [1.29, 1.82) is 0 Å². The van der Waals surface area contributed by atoms with Crippen LogP contribution in [0.2, 0.25) is 0 Å². The molecule has 0 aromatic heterocycles. The average molecular weight is 370 g/mol. The summed E-state index contributed by atoms with van der Waals surface area (Å²) in [7, 11) is 0. The van der Waals surface area contributed by atoms with Gasteiger partial charge in [0.15, 0.2) is 0 Å². The van der Waals surface area contributed by atoms with Crippen molar-refractivity contribution in [3.63, 3.8) is 0 Å². The van der Waals surface area contributed by atoms with Crippen LogP contribution in [-0.4, -0.2) is 37.1 Å². The van der Waals surface area contributed by atoms with E-state index in [4.69, 9.17) is 4.74 Å². The fourth-order valence-corrected chi connectivity index (χ4v) is 3.17. The molecule has 26 heavy (non-hydrogen) atoms. The van der Waals surface area contributed by atoms with E-state index in [1.54, 1.807) is 0 Å². The molecule has 0 N–H and O–H groups in total. The van der Waals surface area contributed by atoms with Crippen molar-refractivity contribution in [2.45, 2.75) is 105 Å². The lowest BCUT2D eigenvalue weighted by Gasteiger charge is -2.21. The average Bonchev–Trinajstić information content (AvgIpc) is 2.57. The number of esters is 1. The zero-order chi connectivity index (χ0) is 19.6. The van der Waals surface area contributed by atoms with Gasteiger partial charge in [0.2, 0.25) is 0 Å². The molecular weight excluding hydrogens is 322 g/mol. The summed E-state index contributed by atoms with van der Waals surface area (Å²) in [5.41, 5.74) is 0. The minimum Gasteiger partial charge on any atom is -0.465 e. The van der Waals surface area contributed by atoms with Gasteiger partial charge in [0.25, 0.3) is 0 Å². The Morgan fingerprint density at radius 1 is 0.769 bits per heavy atom. The molecule has 0 heterocycles. The van der Waals surface area contributed by atoms with E-state index in [0.29, 0.717) is 13.2 Å². The highest BCUT2D eigenvalue weighted by Gasteiger charge is 2.11. The Balaban J connectivity index is 4.06. The van der Waals surface area contributed by atoms with Crippen molar-refractivity contribution in [3.8, 4) is 0 Å². The lowest BCUT2D eigenvalue weighted by molar-refractivity contribution is -0.145. The topological polar surface area (TPSA) is 29.5 Å². The van der Waals surface area contributed by atoms with Gasteiger partial charge < -0.3 is 4.74 Å². The van der Waals surface area contributed by atoms with E-state index >= 15 is 0 Å². The molecule has 156 valence electrons. The van der Waals surface area contributed by atoms with Crippen molar-refractivity contribution in [2.75, 3.05) is 26.2 Å². The molecule has 0 amide bonds. The summed E-state index contributed by atoms with van der Waals surface area (Å²) in [6, 6.07) is 0.